The molecular formula is C20H27ClN2O3. The van der Waals surface area contributed by atoms with Crippen molar-refractivity contribution in [2.45, 2.75) is 40.7 Å². The van der Waals surface area contributed by atoms with Gasteiger partial charge >= 0.3 is 5.97 Å². The second kappa shape index (κ2) is 9.17. The van der Waals surface area contributed by atoms with Crippen molar-refractivity contribution in [1.29, 1.82) is 0 Å². The van der Waals surface area contributed by atoms with E-state index in [2.05, 4.69) is 37.7 Å². The highest BCUT2D eigenvalue weighted by molar-refractivity contribution is 6.32. The van der Waals surface area contributed by atoms with Gasteiger partial charge in [0.1, 0.15) is 11.2 Å². The minimum absolute atomic E-state index is 0.124. The number of pyridine rings is 1. The number of carbonyl (C=O) groups is 1. The van der Waals surface area contributed by atoms with Gasteiger partial charge in [-0.05, 0) is 49.0 Å². The van der Waals surface area contributed by atoms with Crippen LogP contribution in [-0.4, -0.2) is 30.1 Å². The molecule has 1 aromatic rings. The molecule has 26 heavy (non-hydrogen) atoms. The van der Waals surface area contributed by atoms with Crippen LogP contribution >= 0.6 is 11.6 Å². The van der Waals surface area contributed by atoms with Crippen LogP contribution in [0.1, 0.15) is 56.7 Å². The Kier molecular flexibility index (Phi) is 7.21. The summed E-state index contributed by atoms with van der Waals surface area (Å²) in [6.45, 7) is 11.5. The van der Waals surface area contributed by atoms with Crippen LogP contribution in [0.25, 0.3) is 0 Å². The number of carbonyl (C=O) groups excluding carboxylic acids is 1. The molecule has 0 fully saturated rings. The van der Waals surface area contributed by atoms with E-state index in [1.54, 1.807) is 19.1 Å². The Morgan fingerprint density at radius 3 is 2.50 bits per heavy atom. The molecular weight excluding hydrogens is 352 g/mol. The number of ether oxygens (including phenoxy) is 2. The average Bonchev–Trinajstić information content (AvgIpc) is 3.03. The Hall–Kier alpha value is -1.88. The summed E-state index contributed by atoms with van der Waals surface area (Å²) in [5.41, 5.74) is 0.929. The quantitative estimate of drug-likeness (QED) is 0.501. The molecule has 2 rings (SSSR count). The highest BCUT2D eigenvalue weighted by atomic mass is 35.5. The molecule has 1 aromatic heterocycles. The van der Waals surface area contributed by atoms with Crippen molar-refractivity contribution >= 4 is 23.5 Å². The van der Waals surface area contributed by atoms with Gasteiger partial charge in [-0.2, -0.15) is 0 Å². The fraction of sp³-hybridized carbons (Fsp3) is 0.550. The Morgan fingerprint density at radius 1 is 1.23 bits per heavy atom. The molecule has 0 aromatic carbocycles. The number of rotatable bonds is 7. The SMILES string of the molecule is CCOC(=O)c1ccc(C2C=CC(OCC(C(C)C)C(C)C)=N2)nc1Cl. The van der Waals surface area contributed by atoms with E-state index in [1.807, 2.05) is 12.2 Å². The zero-order chi connectivity index (χ0) is 19.3. The molecule has 0 spiro atoms. The smallest absolute Gasteiger partial charge is 0.341 e. The van der Waals surface area contributed by atoms with Crippen LogP contribution in [0.2, 0.25) is 5.15 Å². The van der Waals surface area contributed by atoms with Crippen LogP contribution in [0.15, 0.2) is 29.3 Å². The van der Waals surface area contributed by atoms with Gasteiger partial charge in [0.25, 0.3) is 0 Å². The first-order chi connectivity index (χ1) is 12.3. The van der Waals surface area contributed by atoms with Gasteiger partial charge in [-0.15, -0.1) is 0 Å². The highest BCUT2D eigenvalue weighted by Gasteiger charge is 2.22. The van der Waals surface area contributed by atoms with Crippen LogP contribution in [0, 0.1) is 17.8 Å². The molecule has 1 atom stereocenters. The second-order valence-corrected chi connectivity index (χ2v) is 7.39. The largest absolute Gasteiger partial charge is 0.478 e. The molecule has 0 saturated carbocycles. The topological polar surface area (TPSA) is 60.8 Å². The van der Waals surface area contributed by atoms with Crippen molar-refractivity contribution < 1.29 is 14.3 Å². The summed E-state index contributed by atoms with van der Waals surface area (Å²) in [5.74, 6) is 1.70. The summed E-state index contributed by atoms with van der Waals surface area (Å²) >= 11 is 6.13. The molecule has 0 radical (unpaired) electrons. The monoisotopic (exact) mass is 378 g/mol. The molecule has 0 bridgehead atoms. The molecule has 0 saturated heterocycles. The molecule has 0 aliphatic carbocycles. The van der Waals surface area contributed by atoms with Gasteiger partial charge in [-0.25, -0.2) is 14.8 Å². The molecule has 0 N–H and O–H groups in total. The lowest BCUT2D eigenvalue weighted by Crippen LogP contribution is -2.22. The van der Waals surface area contributed by atoms with E-state index in [0.717, 1.165) is 0 Å². The van der Waals surface area contributed by atoms with E-state index in [0.29, 0.717) is 42.6 Å². The fourth-order valence-corrected chi connectivity index (χ4v) is 3.19. The normalized spacial score (nSPS) is 16.5. The Balaban J connectivity index is 2.04. The van der Waals surface area contributed by atoms with Gasteiger partial charge in [-0.1, -0.05) is 39.3 Å². The molecule has 1 aliphatic heterocycles. The zero-order valence-corrected chi connectivity index (χ0v) is 16.8. The summed E-state index contributed by atoms with van der Waals surface area (Å²) in [6, 6.07) is 3.11. The number of nitrogens with zero attached hydrogens (tertiary/aromatic N) is 2. The van der Waals surface area contributed by atoms with Crippen molar-refractivity contribution in [2.24, 2.45) is 22.7 Å². The third-order valence-electron chi connectivity index (χ3n) is 4.49. The van der Waals surface area contributed by atoms with E-state index in [9.17, 15) is 4.79 Å². The Bertz CT molecular complexity index is 690. The summed E-state index contributed by atoms with van der Waals surface area (Å²) in [7, 11) is 0. The van der Waals surface area contributed by atoms with Gasteiger partial charge < -0.3 is 9.47 Å². The van der Waals surface area contributed by atoms with Gasteiger partial charge in [-0.3, -0.25) is 0 Å². The van der Waals surface area contributed by atoms with E-state index in [-0.39, 0.29) is 16.8 Å². The van der Waals surface area contributed by atoms with E-state index < -0.39 is 5.97 Å². The maximum Gasteiger partial charge on any atom is 0.341 e. The van der Waals surface area contributed by atoms with Gasteiger partial charge in [0.15, 0.2) is 0 Å². The van der Waals surface area contributed by atoms with Crippen molar-refractivity contribution in [3.63, 3.8) is 0 Å². The highest BCUT2D eigenvalue weighted by Crippen LogP contribution is 2.26. The number of aromatic nitrogens is 1. The van der Waals surface area contributed by atoms with Crippen LogP contribution in [-0.2, 0) is 9.47 Å². The second-order valence-electron chi connectivity index (χ2n) is 7.03. The first-order valence-corrected chi connectivity index (χ1v) is 9.43. The fourth-order valence-electron chi connectivity index (χ4n) is 2.96. The first kappa shape index (κ1) is 20.4. The van der Waals surface area contributed by atoms with E-state index in [4.69, 9.17) is 21.1 Å². The third kappa shape index (κ3) is 5.07. The minimum Gasteiger partial charge on any atom is -0.478 e. The van der Waals surface area contributed by atoms with Gasteiger partial charge in [0, 0.05) is 0 Å². The first-order valence-electron chi connectivity index (χ1n) is 9.05. The predicted octanol–water partition coefficient (Wildman–Crippen LogP) is 4.87. The van der Waals surface area contributed by atoms with Crippen LogP contribution in [0.5, 0.6) is 0 Å². The third-order valence-corrected chi connectivity index (χ3v) is 4.78. The minimum atomic E-state index is -0.473. The van der Waals surface area contributed by atoms with Crippen molar-refractivity contribution in [1.82, 2.24) is 4.98 Å². The number of hydrogen-bond acceptors (Lipinski definition) is 5. The summed E-state index contributed by atoms with van der Waals surface area (Å²) in [6.07, 6.45) is 3.77. The van der Waals surface area contributed by atoms with E-state index in [1.165, 1.54) is 0 Å². The van der Waals surface area contributed by atoms with Gasteiger partial charge in [0.2, 0.25) is 5.90 Å². The molecule has 5 nitrogen and oxygen atoms in total. The molecule has 0 amide bonds. The van der Waals surface area contributed by atoms with Crippen LogP contribution < -0.4 is 0 Å². The molecule has 6 heteroatoms. The van der Waals surface area contributed by atoms with Crippen molar-refractivity contribution in [3.8, 4) is 0 Å². The van der Waals surface area contributed by atoms with Crippen LogP contribution in [0.4, 0.5) is 0 Å². The van der Waals surface area contributed by atoms with Crippen molar-refractivity contribution in [3.05, 3.63) is 40.7 Å². The zero-order valence-electron chi connectivity index (χ0n) is 16.0. The van der Waals surface area contributed by atoms with Gasteiger partial charge in [0.05, 0.1) is 24.5 Å². The Labute approximate surface area is 160 Å². The number of aliphatic imine (C=N–C) groups is 1. The summed E-state index contributed by atoms with van der Waals surface area (Å²) < 4.78 is 10.9. The van der Waals surface area contributed by atoms with E-state index >= 15 is 0 Å². The lowest BCUT2D eigenvalue weighted by Gasteiger charge is -2.24. The Morgan fingerprint density at radius 2 is 1.92 bits per heavy atom. The number of halogens is 1. The summed E-state index contributed by atoms with van der Waals surface area (Å²) in [5, 5.41) is 0.124. The molecule has 1 unspecified atom stereocenters. The maximum absolute atomic E-state index is 11.8. The lowest BCUT2D eigenvalue weighted by molar-refractivity contribution is 0.0526. The lowest BCUT2D eigenvalue weighted by atomic mass is 9.86. The maximum atomic E-state index is 11.8. The molecule has 2 heterocycles. The number of esters is 1. The summed E-state index contributed by atoms with van der Waals surface area (Å²) in [4.78, 5) is 20.6. The average molecular weight is 379 g/mol. The molecule has 1 aliphatic rings. The molecule has 142 valence electrons. The van der Waals surface area contributed by atoms with Crippen molar-refractivity contribution in [2.75, 3.05) is 13.2 Å². The van der Waals surface area contributed by atoms with Crippen LogP contribution in [0.3, 0.4) is 0 Å². The predicted molar refractivity (Wildman–Crippen MR) is 104 cm³/mol. The standard InChI is InChI=1S/C20H27ClN2O3/c1-6-25-20(24)14-7-8-17(23-19(14)21)16-9-10-18(22-16)26-11-15(12(2)3)13(4)5/h7-10,12-13,15-16H,6,11H2,1-5H3. The number of hydrogen-bond donors (Lipinski definition) is 0.